The lowest BCUT2D eigenvalue weighted by atomic mass is 9.81. The maximum atomic E-state index is 15.7. The fourth-order valence-electron chi connectivity index (χ4n) is 9.42. The first-order valence-corrected chi connectivity index (χ1v) is 21.8. The lowest BCUT2D eigenvalue weighted by molar-refractivity contribution is -0.142. The molecule has 1 saturated heterocycles. The number of rotatable bonds is 10. The van der Waals surface area contributed by atoms with E-state index in [1.165, 1.54) is 17.4 Å². The van der Waals surface area contributed by atoms with Gasteiger partial charge in [0.15, 0.2) is 16.5 Å². The van der Waals surface area contributed by atoms with E-state index in [-0.39, 0.29) is 29.2 Å². The molecule has 4 aromatic heterocycles. The standard InChI is InChI=1S/C46H35F7N10O2S/c47-27-15-23(16-28(48)19-27)17-34(57-36(64)22-63-40-37(39(60-63)46(51,52)53)30-7-8-33(30)45(40,49)50)38-31(25-1-2-26-21-56-43(65)32(26)18-25)20-35-42(58-38)59-44(66-35)62-13-11-61(12-14-62)29-5-3-24(4-6-29)41-54-9-10-55-41/h1-10,15-16,18-20,30,33-34H,11-14,17,21-22H2,(H,54,55)(H,56,65)(H,57,64)/t30-,33+,34-/m0/s1. The predicted octanol–water partition coefficient (Wildman–Crippen LogP) is 8.29. The number of hydrogen-bond donors (Lipinski definition) is 3. The Hall–Kier alpha value is -7.09. The van der Waals surface area contributed by atoms with Crippen molar-refractivity contribution < 1.29 is 40.3 Å². The number of hydrogen-bond acceptors (Lipinski definition) is 9. The zero-order valence-corrected chi connectivity index (χ0v) is 35.2. The number of nitrogens with zero attached hydrogens (tertiary/aromatic N) is 7. The molecular weight excluding hydrogens is 890 g/mol. The van der Waals surface area contributed by atoms with Crippen molar-refractivity contribution in [3.63, 3.8) is 0 Å². The molecule has 6 heterocycles. The molecule has 3 atom stereocenters. The van der Waals surface area contributed by atoms with Crippen molar-refractivity contribution in [1.82, 2.24) is 40.3 Å². The van der Waals surface area contributed by atoms with Crippen LogP contribution in [0, 0.1) is 17.6 Å². The van der Waals surface area contributed by atoms with Gasteiger partial charge in [0.2, 0.25) is 5.91 Å². The summed E-state index contributed by atoms with van der Waals surface area (Å²) < 4.78 is 105. The van der Waals surface area contributed by atoms with Gasteiger partial charge in [-0.3, -0.25) is 14.3 Å². The first-order chi connectivity index (χ1) is 31.7. The Labute approximate surface area is 374 Å². The van der Waals surface area contributed by atoms with Crippen LogP contribution >= 0.6 is 11.3 Å². The third kappa shape index (κ3) is 7.23. The highest BCUT2D eigenvalue weighted by atomic mass is 32.1. The Kier molecular flexibility index (Phi) is 9.79. The molecule has 2 amide bonds. The monoisotopic (exact) mass is 924 g/mol. The van der Waals surface area contributed by atoms with E-state index in [0.717, 1.165) is 40.8 Å². The van der Waals surface area contributed by atoms with Gasteiger partial charge < -0.3 is 25.4 Å². The number of halogens is 7. The molecule has 3 N–H and O–H groups in total. The van der Waals surface area contributed by atoms with E-state index in [2.05, 4.69) is 35.5 Å². The molecule has 20 heteroatoms. The van der Waals surface area contributed by atoms with Crippen molar-refractivity contribution in [1.29, 1.82) is 0 Å². The number of allylic oxidation sites excluding steroid dienone is 2. The molecule has 11 rings (SSSR count). The van der Waals surface area contributed by atoms with Gasteiger partial charge >= 0.3 is 6.18 Å². The average molecular weight is 925 g/mol. The molecule has 0 radical (unpaired) electrons. The van der Waals surface area contributed by atoms with Crippen molar-refractivity contribution in [2.24, 2.45) is 5.92 Å². The number of fused-ring (bicyclic) bond motifs is 5. The molecule has 0 saturated carbocycles. The molecule has 0 spiro atoms. The molecule has 1 fully saturated rings. The molecule has 0 unspecified atom stereocenters. The lowest BCUT2D eigenvalue weighted by Gasteiger charge is -2.36. The van der Waals surface area contributed by atoms with E-state index >= 15 is 8.78 Å². The molecule has 4 aliphatic rings. The number of aromatic nitrogens is 6. The second-order valence-electron chi connectivity index (χ2n) is 16.7. The van der Waals surface area contributed by atoms with Crippen LogP contribution < -0.4 is 20.4 Å². The minimum atomic E-state index is -5.08. The summed E-state index contributed by atoms with van der Waals surface area (Å²) in [4.78, 5) is 48.7. The summed E-state index contributed by atoms with van der Waals surface area (Å²) in [6.07, 6.45) is 0.487. The molecule has 2 aliphatic carbocycles. The van der Waals surface area contributed by atoms with Crippen LogP contribution in [0.2, 0.25) is 0 Å². The number of carbonyl (C=O) groups is 2. The maximum absolute atomic E-state index is 15.7. The summed E-state index contributed by atoms with van der Waals surface area (Å²) in [7, 11) is 0. The summed E-state index contributed by atoms with van der Waals surface area (Å²) >= 11 is 1.38. The van der Waals surface area contributed by atoms with Crippen LogP contribution in [0.25, 0.3) is 32.9 Å². The Balaban J connectivity index is 0.950. The first kappa shape index (κ1) is 41.6. The summed E-state index contributed by atoms with van der Waals surface area (Å²) in [5.74, 6) is -8.84. The largest absolute Gasteiger partial charge is 0.435 e. The van der Waals surface area contributed by atoms with Crippen LogP contribution in [-0.2, 0) is 36.4 Å². The van der Waals surface area contributed by atoms with Gasteiger partial charge in [0.25, 0.3) is 11.8 Å². The number of pyridine rings is 1. The van der Waals surface area contributed by atoms with Crippen LogP contribution in [0.4, 0.5) is 41.6 Å². The lowest BCUT2D eigenvalue weighted by Crippen LogP contribution is -2.46. The number of carbonyl (C=O) groups excluding carboxylic acids is 2. The Morgan fingerprint density at radius 1 is 0.909 bits per heavy atom. The predicted molar refractivity (Wildman–Crippen MR) is 230 cm³/mol. The molecule has 7 aromatic rings. The van der Waals surface area contributed by atoms with Crippen molar-refractivity contribution in [3.05, 3.63) is 142 Å². The Morgan fingerprint density at radius 2 is 1.65 bits per heavy atom. The number of imidazole rings is 1. The van der Waals surface area contributed by atoms with E-state index in [0.29, 0.717) is 70.0 Å². The summed E-state index contributed by atoms with van der Waals surface area (Å²) in [6.45, 7) is 1.87. The minimum absolute atomic E-state index is 0.0833. The van der Waals surface area contributed by atoms with Crippen LogP contribution in [0.3, 0.4) is 0 Å². The van der Waals surface area contributed by atoms with Gasteiger partial charge in [-0.2, -0.15) is 32.0 Å². The quantitative estimate of drug-likeness (QED) is 0.0922. The highest BCUT2D eigenvalue weighted by Gasteiger charge is 2.61. The number of H-pyrrole nitrogens is 1. The number of piperazine rings is 1. The van der Waals surface area contributed by atoms with Crippen LogP contribution in [0.5, 0.6) is 0 Å². The van der Waals surface area contributed by atoms with E-state index in [1.54, 1.807) is 36.7 Å². The molecule has 66 heavy (non-hydrogen) atoms. The summed E-state index contributed by atoms with van der Waals surface area (Å²) in [6, 6.07) is 16.7. The molecule has 3 aromatic carbocycles. The number of thiazole rings is 1. The Bertz CT molecular complexity index is 3080. The zero-order valence-electron chi connectivity index (χ0n) is 34.3. The first-order valence-electron chi connectivity index (χ1n) is 21.0. The highest BCUT2D eigenvalue weighted by Crippen LogP contribution is 2.60. The van der Waals surface area contributed by atoms with Gasteiger partial charge in [0, 0.05) is 85.0 Å². The van der Waals surface area contributed by atoms with Gasteiger partial charge in [-0.05, 0) is 71.6 Å². The molecule has 336 valence electrons. The number of amides is 2. The molecular formula is C46H35F7N10O2S. The van der Waals surface area contributed by atoms with Crippen molar-refractivity contribution >= 4 is 44.3 Å². The highest BCUT2D eigenvalue weighted by molar-refractivity contribution is 7.22. The normalized spacial score (nSPS) is 18.8. The number of alkyl halides is 5. The fourth-order valence-corrected chi connectivity index (χ4v) is 10.4. The van der Waals surface area contributed by atoms with Crippen LogP contribution in [-0.4, -0.2) is 67.7 Å². The van der Waals surface area contributed by atoms with Crippen molar-refractivity contribution in [2.75, 3.05) is 36.0 Å². The third-order valence-electron chi connectivity index (χ3n) is 12.6. The minimum Gasteiger partial charge on any atom is -0.368 e. The number of anilines is 2. The van der Waals surface area contributed by atoms with Gasteiger partial charge in [-0.1, -0.05) is 35.6 Å². The van der Waals surface area contributed by atoms with E-state index in [4.69, 9.17) is 9.97 Å². The van der Waals surface area contributed by atoms with Crippen molar-refractivity contribution in [3.8, 4) is 22.5 Å². The summed E-state index contributed by atoms with van der Waals surface area (Å²) in [5, 5.41) is 9.70. The second kappa shape index (κ2) is 15.5. The van der Waals surface area contributed by atoms with Crippen LogP contribution in [0.15, 0.2) is 91.3 Å². The summed E-state index contributed by atoms with van der Waals surface area (Å²) in [5.41, 5.74) is 1.43. The Morgan fingerprint density at radius 3 is 2.35 bits per heavy atom. The van der Waals surface area contributed by atoms with Crippen molar-refractivity contribution in [2.45, 2.75) is 43.6 Å². The number of benzene rings is 3. The fraction of sp³-hybridized carbons (Fsp3) is 0.261. The average Bonchev–Trinajstić information content (AvgIpc) is 4.10. The van der Waals surface area contributed by atoms with Gasteiger partial charge in [-0.25, -0.2) is 18.7 Å². The maximum Gasteiger partial charge on any atom is 0.435 e. The van der Waals surface area contributed by atoms with Gasteiger partial charge in [0.05, 0.1) is 22.4 Å². The SMILES string of the molecule is O=C(Cn1nc(C(F)(F)F)c2c1C(F)(F)[C@@H]1C=C[C@H]21)N[C@@H](Cc1cc(F)cc(F)c1)c1nc2nc(N3CCN(c4ccc(-c5ncc[nH]5)cc4)CC3)sc2cc1-c1ccc2c(c1)C(=O)NC2. The second-order valence-corrected chi connectivity index (χ2v) is 17.7. The smallest absolute Gasteiger partial charge is 0.368 e. The van der Waals surface area contributed by atoms with E-state index in [9.17, 15) is 31.5 Å². The number of aromatic amines is 1. The molecule has 12 nitrogen and oxygen atoms in total. The van der Waals surface area contributed by atoms with Crippen LogP contribution in [0.1, 0.15) is 56.1 Å². The van der Waals surface area contributed by atoms with E-state index < -0.39 is 71.0 Å². The van der Waals surface area contributed by atoms with Gasteiger partial charge in [-0.15, -0.1) is 0 Å². The molecule has 2 aliphatic heterocycles. The topological polar surface area (TPSA) is 137 Å². The van der Waals surface area contributed by atoms with Gasteiger partial charge in [0.1, 0.15) is 29.7 Å². The molecule has 0 bridgehead atoms. The third-order valence-corrected chi connectivity index (χ3v) is 13.7. The number of nitrogens with one attached hydrogen (secondary N) is 3. The van der Waals surface area contributed by atoms with E-state index in [1.807, 2.05) is 24.3 Å². The zero-order chi connectivity index (χ0) is 45.6.